The van der Waals surface area contributed by atoms with E-state index in [-0.39, 0.29) is 61.6 Å². The Bertz CT molecular complexity index is 2010. The zero-order valence-electron chi connectivity index (χ0n) is 37.5. The number of carbonyl (C=O) groups is 1. The standard InChI is InChI=1S/C51H64O10SeSi/c1-51(2,3)63(5,6)61-46-30-44-48(35-57-50(60-44)38-24-26-39(53-4)27-25-38)58-41(46)23-16-28-55-42-29-43(56-33-37-19-12-8-13-20-37)47(34-54-32-36-17-10-7-11-18-36)59-45(42)31-49(52)62-40-21-14-9-15-22-40/h7-22,24-28,41-48,50H,23,29-35H2,1-6H3/b28-16+/t41-,42-,43+,44-,45+,46+,47-,48+,50+/m0/s1. The second kappa shape index (κ2) is 22.5. The first-order valence-corrected chi connectivity index (χ1v) is 26.8. The van der Waals surface area contributed by atoms with Crippen LogP contribution in [-0.4, -0.2) is 97.1 Å². The van der Waals surface area contributed by atoms with Crippen LogP contribution in [0.25, 0.3) is 0 Å². The van der Waals surface area contributed by atoms with Gasteiger partial charge in [-0.25, -0.2) is 0 Å². The van der Waals surface area contributed by atoms with Gasteiger partial charge in [0.2, 0.25) is 0 Å². The Morgan fingerprint density at radius 2 is 1.41 bits per heavy atom. The Hall–Kier alpha value is -3.65. The van der Waals surface area contributed by atoms with Crippen LogP contribution in [-0.2, 0) is 55.6 Å². The summed E-state index contributed by atoms with van der Waals surface area (Å²) in [5.41, 5.74) is 3.08. The summed E-state index contributed by atoms with van der Waals surface area (Å²) < 4.78 is 59.5. The maximum atomic E-state index is 13.7. The smallest absolute Gasteiger partial charge is 0.342 e. The Morgan fingerprint density at radius 3 is 2.08 bits per heavy atom. The van der Waals surface area contributed by atoms with Gasteiger partial charge in [-0.05, 0) is 30.3 Å². The van der Waals surface area contributed by atoms with E-state index in [1.165, 1.54) is 0 Å². The van der Waals surface area contributed by atoms with Crippen molar-refractivity contribution in [2.24, 2.45) is 0 Å². The molecule has 0 aromatic heterocycles. The van der Waals surface area contributed by atoms with Gasteiger partial charge in [0, 0.05) is 5.56 Å². The van der Waals surface area contributed by atoms with Gasteiger partial charge in [-0.3, -0.25) is 0 Å². The van der Waals surface area contributed by atoms with E-state index in [4.69, 9.17) is 42.3 Å². The minimum absolute atomic E-state index is 0.00824. The van der Waals surface area contributed by atoms with Crippen LogP contribution in [0.4, 0.5) is 0 Å². The molecule has 4 aromatic carbocycles. The van der Waals surface area contributed by atoms with E-state index < -0.39 is 32.9 Å². The second-order valence-corrected chi connectivity index (χ2v) is 25.2. The van der Waals surface area contributed by atoms with E-state index in [0.717, 1.165) is 26.9 Å². The molecule has 10 nitrogen and oxygen atoms in total. The molecule has 338 valence electrons. The topological polar surface area (TPSA) is 100 Å². The number of hydrogen-bond acceptors (Lipinski definition) is 10. The molecule has 0 saturated carbocycles. The molecule has 0 radical (unpaired) electrons. The molecule has 0 spiro atoms. The third-order valence-corrected chi connectivity index (χ3v) is 18.8. The van der Waals surface area contributed by atoms with Crippen LogP contribution in [0.1, 0.15) is 69.4 Å². The van der Waals surface area contributed by atoms with E-state index in [2.05, 4.69) is 46.0 Å². The molecule has 3 saturated heterocycles. The predicted octanol–water partition coefficient (Wildman–Crippen LogP) is 8.85. The van der Waals surface area contributed by atoms with Crippen molar-refractivity contribution in [2.75, 3.05) is 20.3 Å². The Kier molecular flexibility index (Phi) is 16.9. The molecule has 3 aliphatic heterocycles. The fraction of sp³-hybridized carbons (Fsp3) is 0.471. The van der Waals surface area contributed by atoms with E-state index in [0.29, 0.717) is 45.7 Å². The fourth-order valence-corrected chi connectivity index (χ4v) is 10.9. The van der Waals surface area contributed by atoms with Crippen LogP contribution in [0, 0.1) is 0 Å². The Balaban J connectivity index is 1.05. The van der Waals surface area contributed by atoms with Gasteiger partial charge >= 0.3 is 281 Å². The van der Waals surface area contributed by atoms with Crippen LogP contribution >= 0.6 is 0 Å². The Morgan fingerprint density at radius 1 is 0.746 bits per heavy atom. The van der Waals surface area contributed by atoms with Gasteiger partial charge in [-0.1, -0.05) is 32.9 Å². The first-order chi connectivity index (χ1) is 30.4. The third kappa shape index (κ3) is 13.5. The van der Waals surface area contributed by atoms with E-state index in [1.54, 1.807) is 13.4 Å². The molecule has 3 aliphatic rings. The quantitative estimate of drug-likeness (QED) is 0.0670. The van der Waals surface area contributed by atoms with Crippen molar-refractivity contribution < 1.29 is 47.1 Å². The summed E-state index contributed by atoms with van der Waals surface area (Å²) in [6.07, 6.45) is 2.73. The number of ether oxygens (including phenoxy) is 8. The second-order valence-electron chi connectivity index (χ2n) is 18.0. The average Bonchev–Trinajstić information content (AvgIpc) is 3.28. The summed E-state index contributed by atoms with van der Waals surface area (Å²) in [6, 6.07) is 37.9. The molecule has 9 atom stereocenters. The Labute approximate surface area is 381 Å². The third-order valence-electron chi connectivity index (χ3n) is 12.4. The number of carbonyl (C=O) groups excluding carboxylic acids is 1. The summed E-state index contributed by atoms with van der Waals surface area (Å²) in [4.78, 5) is 13.7. The minimum atomic E-state index is -2.19. The van der Waals surface area contributed by atoms with Crippen LogP contribution in [0.3, 0.4) is 0 Å². The van der Waals surface area contributed by atoms with Gasteiger partial charge < -0.3 is 14.2 Å². The summed E-state index contributed by atoms with van der Waals surface area (Å²) in [5, 5.41) is 0.00824. The van der Waals surface area contributed by atoms with Crippen LogP contribution in [0.2, 0.25) is 18.1 Å². The van der Waals surface area contributed by atoms with Crippen LogP contribution < -0.4 is 9.20 Å². The maximum absolute atomic E-state index is 13.7. The molecule has 12 heteroatoms. The first kappa shape index (κ1) is 47.3. The van der Waals surface area contributed by atoms with Crippen molar-refractivity contribution in [2.45, 2.75) is 133 Å². The van der Waals surface area contributed by atoms with E-state index >= 15 is 0 Å². The molecule has 3 heterocycles. The first-order valence-electron chi connectivity index (χ1n) is 22.2. The van der Waals surface area contributed by atoms with Gasteiger partial charge in [-0.15, -0.1) is 0 Å². The minimum Gasteiger partial charge on any atom is -0.342 e. The van der Waals surface area contributed by atoms with Gasteiger partial charge in [0.05, 0.1) is 7.11 Å². The number of rotatable bonds is 19. The van der Waals surface area contributed by atoms with Crippen molar-refractivity contribution in [3.8, 4) is 5.75 Å². The zero-order valence-corrected chi connectivity index (χ0v) is 40.2. The monoisotopic (exact) mass is 944 g/mol. The van der Waals surface area contributed by atoms with Crippen molar-refractivity contribution in [1.29, 1.82) is 0 Å². The number of benzene rings is 4. The van der Waals surface area contributed by atoms with Gasteiger partial charge in [0.1, 0.15) is 5.75 Å². The van der Waals surface area contributed by atoms with Gasteiger partial charge in [0.25, 0.3) is 0 Å². The van der Waals surface area contributed by atoms with Gasteiger partial charge in [0.15, 0.2) is 6.29 Å². The molecule has 0 amide bonds. The molecule has 0 bridgehead atoms. The molecular formula is C51H64O10SeSi. The van der Waals surface area contributed by atoms with Crippen molar-refractivity contribution in [1.82, 2.24) is 0 Å². The molecule has 0 N–H and O–H groups in total. The molecular weight excluding hydrogens is 880 g/mol. The zero-order chi connectivity index (χ0) is 44.2. The average molecular weight is 944 g/mol. The number of fused-ring (bicyclic) bond motifs is 1. The summed E-state index contributed by atoms with van der Waals surface area (Å²) >= 11 is -0.360. The number of methoxy groups -OCH3 is 1. The SMILES string of the molecule is COc1ccc([C@@H]2OC[C@H]3O[C@@H](C/C=C/O[C@H]4C[C@@H](OCc5ccccc5)[C@H](COCc5ccccc5)O[C@@H]4CC(=O)[Se]c4ccccc4)[C@H](O[Si](C)(C)C(C)(C)C)C[C@@H]3O2)cc1. The van der Waals surface area contributed by atoms with Crippen molar-refractivity contribution in [3.05, 3.63) is 144 Å². The molecule has 7 rings (SSSR count). The van der Waals surface area contributed by atoms with E-state index in [9.17, 15) is 4.79 Å². The molecule has 63 heavy (non-hydrogen) atoms. The van der Waals surface area contributed by atoms with Crippen molar-refractivity contribution in [3.63, 3.8) is 0 Å². The van der Waals surface area contributed by atoms with Crippen LogP contribution in [0.5, 0.6) is 5.75 Å². The van der Waals surface area contributed by atoms with Gasteiger partial charge in [-0.2, -0.15) is 0 Å². The number of hydrogen-bond donors (Lipinski definition) is 0. The molecule has 0 aliphatic carbocycles. The van der Waals surface area contributed by atoms with Crippen LogP contribution in [0.15, 0.2) is 128 Å². The normalized spacial score (nSPS) is 26.5. The molecule has 4 aromatic rings. The summed E-state index contributed by atoms with van der Waals surface area (Å²) in [7, 11) is -0.537. The predicted molar refractivity (Wildman–Crippen MR) is 246 cm³/mol. The molecule has 0 unspecified atom stereocenters. The summed E-state index contributed by atoms with van der Waals surface area (Å²) in [6.45, 7) is 12.9. The summed E-state index contributed by atoms with van der Waals surface area (Å²) in [5.74, 6) is 0.782. The van der Waals surface area contributed by atoms with E-state index in [1.807, 2.05) is 109 Å². The molecule has 3 fully saturated rings. The fourth-order valence-electron chi connectivity index (χ4n) is 7.82. The van der Waals surface area contributed by atoms with Crippen molar-refractivity contribution >= 4 is 32.4 Å².